The van der Waals surface area contributed by atoms with Crippen molar-refractivity contribution in [3.8, 4) is 11.5 Å². The fraction of sp³-hybridized carbons (Fsp3) is 0.269. The molecule has 4 rings (SSSR count). The van der Waals surface area contributed by atoms with E-state index in [4.69, 9.17) is 14.2 Å². The maximum Gasteiger partial charge on any atom is 0.338 e. The summed E-state index contributed by atoms with van der Waals surface area (Å²) in [4.78, 5) is 31.5. The first kappa shape index (κ1) is 23.5. The van der Waals surface area contributed by atoms with Gasteiger partial charge in [-0.2, -0.15) is 0 Å². The van der Waals surface area contributed by atoms with Gasteiger partial charge in [0.25, 0.3) is 5.56 Å². The summed E-state index contributed by atoms with van der Waals surface area (Å²) >= 11 is 1.28. The van der Waals surface area contributed by atoms with Crippen LogP contribution in [0.1, 0.15) is 37.9 Å². The van der Waals surface area contributed by atoms with E-state index in [9.17, 15) is 9.59 Å². The number of carbonyl (C=O) groups is 1. The SMILES string of the molecule is CCOc1ccc(C2C(C(=O)OC)=C(C)N=c3s/c(=C/c4ccccc4OCC)c(=O)n32)cc1. The number of benzene rings is 2. The second kappa shape index (κ2) is 10.1. The van der Waals surface area contributed by atoms with Crippen LogP contribution in [0.3, 0.4) is 0 Å². The third kappa shape index (κ3) is 4.41. The lowest BCUT2D eigenvalue weighted by Crippen LogP contribution is -2.39. The number of hydrogen-bond acceptors (Lipinski definition) is 7. The Labute approximate surface area is 201 Å². The minimum Gasteiger partial charge on any atom is -0.494 e. The van der Waals surface area contributed by atoms with Crippen LogP contribution >= 0.6 is 11.3 Å². The Kier molecular flexibility index (Phi) is 6.98. The summed E-state index contributed by atoms with van der Waals surface area (Å²) in [6, 6.07) is 14.3. The maximum atomic E-state index is 13.6. The maximum absolute atomic E-state index is 13.6. The standard InChI is InChI=1S/C26H26N2O5S/c1-5-32-19-13-11-17(12-14-19)23-22(25(30)31-4)16(3)27-26-28(23)24(29)21(34-26)15-18-9-7-8-10-20(18)33-6-2/h7-15,23H,5-6H2,1-4H3/b21-15+. The largest absolute Gasteiger partial charge is 0.494 e. The molecule has 2 heterocycles. The zero-order valence-electron chi connectivity index (χ0n) is 19.5. The molecule has 0 fully saturated rings. The highest BCUT2D eigenvalue weighted by molar-refractivity contribution is 7.07. The number of rotatable bonds is 7. The van der Waals surface area contributed by atoms with Gasteiger partial charge in [-0.1, -0.05) is 41.7 Å². The normalized spacial score (nSPS) is 15.5. The zero-order chi connectivity index (χ0) is 24.2. The summed E-state index contributed by atoms with van der Waals surface area (Å²) in [7, 11) is 1.33. The topological polar surface area (TPSA) is 79.1 Å². The number of ether oxygens (including phenoxy) is 3. The first-order valence-electron chi connectivity index (χ1n) is 11.0. The second-order valence-corrected chi connectivity index (χ2v) is 8.56. The Balaban J connectivity index is 1.92. The van der Waals surface area contributed by atoms with E-state index in [1.165, 1.54) is 18.4 Å². The van der Waals surface area contributed by atoms with Crippen molar-refractivity contribution < 1.29 is 19.0 Å². The average molecular weight is 479 g/mol. The van der Waals surface area contributed by atoms with Gasteiger partial charge in [0, 0.05) is 5.56 Å². The van der Waals surface area contributed by atoms with E-state index in [2.05, 4.69) is 4.99 Å². The van der Waals surface area contributed by atoms with E-state index < -0.39 is 12.0 Å². The molecule has 0 aliphatic carbocycles. The zero-order valence-corrected chi connectivity index (χ0v) is 20.3. The summed E-state index contributed by atoms with van der Waals surface area (Å²) in [6.45, 7) is 6.65. The van der Waals surface area contributed by atoms with Crippen molar-refractivity contribution in [2.24, 2.45) is 4.99 Å². The first-order valence-corrected chi connectivity index (χ1v) is 11.9. The number of methoxy groups -OCH3 is 1. The number of nitrogens with zero attached hydrogens (tertiary/aromatic N) is 2. The number of aromatic nitrogens is 1. The van der Waals surface area contributed by atoms with Crippen LogP contribution in [0.25, 0.3) is 6.08 Å². The number of para-hydroxylation sites is 1. The van der Waals surface area contributed by atoms with E-state index in [0.29, 0.717) is 45.3 Å². The van der Waals surface area contributed by atoms with Crippen LogP contribution in [0.2, 0.25) is 0 Å². The van der Waals surface area contributed by atoms with Crippen LogP contribution in [0, 0.1) is 0 Å². The third-order valence-corrected chi connectivity index (χ3v) is 6.42. The molecule has 0 radical (unpaired) electrons. The monoisotopic (exact) mass is 478 g/mol. The van der Waals surface area contributed by atoms with Crippen LogP contribution in [0.4, 0.5) is 0 Å². The summed E-state index contributed by atoms with van der Waals surface area (Å²) in [5, 5.41) is 0. The molecule has 0 amide bonds. The van der Waals surface area contributed by atoms with Gasteiger partial charge in [0.05, 0.1) is 42.2 Å². The lowest BCUT2D eigenvalue weighted by Gasteiger charge is -2.24. The Bertz CT molecular complexity index is 1420. The number of hydrogen-bond donors (Lipinski definition) is 0. The molecule has 7 nitrogen and oxygen atoms in total. The first-order chi connectivity index (χ1) is 16.5. The van der Waals surface area contributed by atoms with Crippen LogP contribution in [-0.2, 0) is 9.53 Å². The Hall–Kier alpha value is -3.65. The number of fused-ring (bicyclic) bond motifs is 1. The van der Waals surface area contributed by atoms with Crippen LogP contribution < -0.4 is 24.4 Å². The van der Waals surface area contributed by atoms with Gasteiger partial charge in [-0.3, -0.25) is 9.36 Å². The van der Waals surface area contributed by atoms with Crippen LogP contribution in [0.5, 0.6) is 11.5 Å². The molecular weight excluding hydrogens is 452 g/mol. The van der Waals surface area contributed by atoms with E-state index >= 15 is 0 Å². The quantitative estimate of drug-likeness (QED) is 0.488. The Morgan fingerprint density at radius 2 is 1.79 bits per heavy atom. The summed E-state index contributed by atoms with van der Waals surface area (Å²) < 4.78 is 18.4. The van der Waals surface area contributed by atoms with Gasteiger partial charge in [0.15, 0.2) is 4.80 Å². The van der Waals surface area contributed by atoms with Gasteiger partial charge in [0.1, 0.15) is 11.5 Å². The van der Waals surface area contributed by atoms with E-state index in [1.54, 1.807) is 17.6 Å². The van der Waals surface area contributed by atoms with E-state index in [1.807, 2.05) is 62.4 Å². The van der Waals surface area contributed by atoms with Crippen LogP contribution in [-0.4, -0.2) is 30.9 Å². The Morgan fingerprint density at radius 3 is 2.47 bits per heavy atom. The fourth-order valence-corrected chi connectivity index (χ4v) is 4.99. The minimum absolute atomic E-state index is 0.233. The molecule has 1 atom stereocenters. The lowest BCUT2D eigenvalue weighted by atomic mass is 9.96. The summed E-state index contributed by atoms with van der Waals surface area (Å²) in [5.74, 6) is 0.896. The molecule has 3 aromatic rings. The van der Waals surface area contributed by atoms with Gasteiger partial charge in [0.2, 0.25) is 0 Å². The van der Waals surface area contributed by atoms with Crippen molar-refractivity contribution in [2.75, 3.05) is 20.3 Å². The fourth-order valence-electron chi connectivity index (χ4n) is 3.95. The van der Waals surface area contributed by atoms with Crippen LogP contribution in [0.15, 0.2) is 69.6 Å². The van der Waals surface area contributed by atoms with Crippen molar-refractivity contribution in [1.29, 1.82) is 0 Å². The number of thiazole rings is 1. The van der Waals surface area contributed by atoms with E-state index in [-0.39, 0.29) is 5.56 Å². The number of allylic oxidation sites excluding steroid dienone is 1. The molecule has 1 unspecified atom stereocenters. The minimum atomic E-state index is -0.663. The molecule has 1 aliphatic rings. The predicted octanol–water partition coefficient (Wildman–Crippen LogP) is 3.21. The molecule has 0 N–H and O–H groups in total. The molecule has 1 aromatic heterocycles. The highest BCUT2D eigenvalue weighted by Gasteiger charge is 2.33. The number of esters is 1. The van der Waals surface area contributed by atoms with Gasteiger partial charge in [-0.25, -0.2) is 9.79 Å². The molecule has 0 saturated carbocycles. The smallest absolute Gasteiger partial charge is 0.338 e. The average Bonchev–Trinajstić information content (AvgIpc) is 3.14. The van der Waals surface area contributed by atoms with Crippen molar-refractivity contribution in [1.82, 2.24) is 4.57 Å². The second-order valence-electron chi connectivity index (χ2n) is 7.55. The van der Waals surface area contributed by atoms with Crippen molar-refractivity contribution in [3.63, 3.8) is 0 Å². The summed E-state index contributed by atoms with van der Waals surface area (Å²) in [5.41, 5.74) is 2.19. The highest BCUT2D eigenvalue weighted by atomic mass is 32.1. The molecular formula is C26H26N2O5S. The lowest BCUT2D eigenvalue weighted by molar-refractivity contribution is -0.136. The molecule has 0 saturated heterocycles. The molecule has 8 heteroatoms. The predicted molar refractivity (Wildman–Crippen MR) is 131 cm³/mol. The van der Waals surface area contributed by atoms with Gasteiger partial charge in [-0.15, -0.1) is 0 Å². The molecule has 0 spiro atoms. The molecule has 1 aliphatic heterocycles. The van der Waals surface area contributed by atoms with Gasteiger partial charge in [-0.05, 0) is 50.6 Å². The number of carbonyl (C=O) groups excluding carboxylic acids is 1. The molecule has 34 heavy (non-hydrogen) atoms. The highest BCUT2D eigenvalue weighted by Crippen LogP contribution is 2.31. The van der Waals surface area contributed by atoms with Gasteiger partial charge < -0.3 is 14.2 Å². The molecule has 176 valence electrons. The molecule has 0 bridgehead atoms. The molecule has 2 aromatic carbocycles. The van der Waals surface area contributed by atoms with Gasteiger partial charge >= 0.3 is 5.97 Å². The third-order valence-electron chi connectivity index (χ3n) is 5.44. The van der Waals surface area contributed by atoms with E-state index in [0.717, 1.165) is 11.1 Å². The summed E-state index contributed by atoms with van der Waals surface area (Å²) in [6.07, 6.45) is 1.81. The van der Waals surface area contributed by atoms with Crippen molar-refractivity contribution >= 4 is 23.4 Å². The Morgan fingerprint density at radius 1 is 1.09 bits per heavy atom. The van der Waals surface area contributed by atoms with Crippen molar-refractivity contribution in [3.05, 3.63) is 90.6 Å². The van der Waals surface area contributed by atoms with Crippen molar-refractivity contribution in [2.45, 2.75) is 26.8 Å².